The Kier molecular flexibility index (Phi) is 5.40. The van der Waals surface area contributed by atoms with E-state index in [9.17, 15) is 9.18 Å². The number of amides is 1. The van der Waals surface area contributed by atoms with Gasteiger partial charge in [0.15, 0.2) is 0 Å². The Morgan fingerprint density at radius 3 is 2.84 bits per heavy atom. The van der Waals surface area contributed by atoms with Crippen molar-refractivity contribution in [3.8, 4) is 0 Å². The van der Waals surface area contributed by atoms with Gasteiger partial charge in [0, 0.05) is 27.2 Å². The van der Waals surface area contributed by atoms with Crippen molar-refractivity contribution in [1.29, 1.82) is 0 Å². The Morgan fingerprint density at radius 2 is 2.20 bits per heavy atom. The summed E-state index contributed by atoms with van der Waals surface area (Å²) in [5.41, 5.74) is 0.889. The second kappa shape index (κ2) is 7.71. The maximum Gasteiger partial charge on any atom is 0.236 e. The quantitative estimate of drug-likeness (QED) is 0.854. The molecule has 1 aromatic carbocycles. The molecule has 1 N–H and O–H groups in total. The number of methoxy groups -OCH3 is 1. The van der Waals surface area contributed by atoms with E-state index >= 15 is 0 Å². The van der Waals surface area contributed by atoms with Crippen molar-refractivity contribution >= 4 is 5.91 Å². The Bertz CT molecular complexity index is 692. The standard InChI is InChI=1S/C17H22FN5O2/c1-22(8-12-3-5-13(18)6-4-12)16(24)10-23-9-14(25-2)7-15(23)17-19-11-20-21-17/h3-6,11,14-15H,7-10H2,1-2H3,(H,19,20,21)/t14-,15+/m1/s1. The molecule has 0 saturated carbocycles. The van der Waals surface area contributed by atoms with Crippen LogP contribution in [0.3, 0.4) is 0 Å². The number of aromatic amines is 1. The highest BCUT2D eigenvalue weighted by atomic mass is 19.1. The van der Waals surface area contributed by atoms with Gasteiger partial charge in [-0.05, 0) is 24.1 Å². The highest BCUT2D eigenvalue weighted by Gasteiger charge is 2.36. The summed E-state index contributed by atoms with van der Waals surface area (Å²) < 4.78 is 18.4. The van der Waals surface area contributed by atoms with E-state index in [1.807, 2.05) is 0 Å². The van der Waals surface area contributed by atoms with Crippen LogP contribution >= 0.6 is 0 Å². The average molecular weight is 347 g/mol. The van der Waals surface area contributed by atoms with Crippen LogP contribution in [-0.2, 0) is 16.1 Å². The molecule has 1 fully saturated rings. The number of hydrogen-bond acceptors (Lipinski definition) is 5. The Morgan fingerprint density at radius 1 is 1.44 bits per heavy atom. The Balaban J connectivity index is 1.62. The molecule has 134 valence electrons. The molecule has 0 unspecified atom stereocenters. The molecule has 1 aliphatic rings. The summed E-state index contributed by atoms with van der Waals surface area (Å²) in [4.78, 5) is 20.5. The highest BCUT2D eigenvalue weighted by Crippen LogP contribution is 2.30. The van der Waals surface area contributed by atoms with Crippen LogP contribution in [0.2, 0.25) is 0 Å². The minimum atomic E-state index is -0.282. The molecule has 8 heteroatoms. The molecule has 1 saturated heterocycles. The van der Waals surface area contributed by atoms with Crippen LogP contribution in [-0.4, -0.2) is 64.2 Å². The molecule has 1 amide bonds. The first-order chi connectivity index (χ1) is 12.1. The third-order valence-corrected chi connectivity index (χ3v) is 4.54. The van der Waals surface area contributed by atoms with Gasteiger partial charge in [0.05, 0.1) is 18.7 Å². The van der Waals surface area contributed by atoms with Crippen LogP contribution in [0.15, 0.2) is 30.6 Å². The van der Waals surface area contributed by atoms with Gasteiger partial charge in [-0.15, -0.1) is 0 Å². The fraction of sp³-hybridized carbons (Fsp3) is 0.471. The number of aromatic nitrogens is 3. The number of carbonyl (C=O) groups is 1. The number of likely N-dealkylation sites (N-methyl/N-ethyl adjacent to an activating group) is 1. The lowest BCUT2D eigenvalue weighted by atomic mass is 10.2. The van der Waals surface area contributed by atoms with Gasteiger partial charge in [-0.2, -0.15) is 5.10 Å². The maximum absolute atomic E-state index is 13.0. The average Bonchev–Trinajstić information content (AvgIpc) is 3.26. The molecule has 0 bridgehead atoms. The fourth-order valence-electron chi connectivity index (χ4n) is 3.11. The van der Waals surface area contributed by atoms with Crippen molar-refractivity contribution in [1.82, 2.24) is 25.0 Å². The summed E-state index contributed by atoms with van der Waals surface area (Å²) in [7, 11) is 3.42. The molecule has 25 heavy (non-hydrogen) atoms. The lowest BCUT2D eigenvalue weighted by Gasteiger charge is -2.25. The van der Waals surface area contributed by atoms with Crippen molar-refractivity contribution in [3.05, 3.63) is 47.8 Å². The minimum Gasteiger partial charge on any atom is -0.380 e. The summed E-state index contributed by atoms with van der Waals surface area (Å²) in [6, 6.07) is 6.16. The normalized spacial score (nSPS) is 20.8. The largest absolute Gasteiger partial charge is 0.380 e. The Labute approximate surface area is 145 Å². The van der Waals surface area contributed by atoms with Crippen LogP contribution in [0, 0.1) is 5.82 Å². The van der Waals surface area contributed by atoms with E-state index in [0.29, 0.717) is 13.1 Å². The molecule has 0 aliphatic carbocycles. The number of ether oxygens (including phenoxy) is 1. The summed E-state index contributed by atoms with van der Waals surface area (Å²) in [5, 5.41) is 6.78. The van der Waals surface area contributed by atoms with Crippen molar-refractivity contribution in [2.24, 2.45) is 0 Å². The Hall–Kier alpha value is -2.32. The van der Waals surface area contributed by atoms with Gasteiger partial charge in [-0.25, -0.2) is 9.37 Å². The second-order valence-corrected chi connectivity index (χ2v) is 6.29. The van der Waals surface area contributed by atoms with Gasteiger partial charge < -0.3 is 9.64 Å². The third kappa shape index (κ3) is 4.21. The summed E-state index contributed by atoms with van der Waals surface area (Å²) >= 11 is 0. The second-order valence-electron chi connectivity index (χ2n) is 6.29. The van der Waals surface area contributed by atoms with Gasteiger partial charge in [-0.1, -0.05) is 12.1 Å². The molecule has 1 aromatic heterocycles. The highest BCUT2D eigenvalue weighted by molar-refractivity contribution is 5.78. The number of likely N-dealkylation sites (tertiary alicyclic amines) is 1. The number of hydrogen-bond donors (Lipinski definition) is 1. The predicted octanol–water partition coefficient (Wildman–Crippen LogP) is 1.36. The molecular formula is C17H22FN5O2. The van der Waals surface area contributed by atoms with E-state index in [1.54, 1.807) is 31.2 Å². The first-order valence-corrected chi connectivity index (χ1v) is 8.17. The van der Waals surface area contributed by atoms with Crippen LogP contribution in [0.1, 0.15) is 23.9 Å². The lowest BCUT2D eigenvalue weighted by molar-refractivity contribution is -0.132. The molecule has 0 radical (unpaired) electrons. The molecule has 7 nitrogen and oxygen atoms in total. The molecule has 0 spiro atoms. The van der Waals surface area contributed by atoms with Crippen molar-refractivity contribution in [3.63, 3.8) is 0 Å². The van der Waals surface area contributed by atoms with Gasteiger partial charge in [-0.3, -0.25) is 14.8 Å². The van der Waals surface area contributed by atoms with Crippen LogP contribution in [0.5, 0.6) is 0 Å². The zero-order valence-corrected chi connectivity index (χ0v) is 14.4. The number of benzene rings is 1. The monoisotopic (exact) mass is 347 g/mol. The van der Waals surface area contributed by atoms with Crippen molar-refractivity contribution < 1.29 is 13.9 Å². The minimum absolute atomic E-state index is 0.00871. The van der Waals surface area contributed by atoms with E-state index in [4.69, 9.17) is 4.74 Å². The van der Waals surface area contributed by atoms with Crippen LogP contribution < -0.4 is 0 Å². The summed E-state index contributed by atoms with van der Waals surface area (Å²) in [6.45, 7) is 1.37. The van der Waals surface area contributed by atoms with Crippen molar-refractivity contribution in [2.75, 3.05) is 27.2 Å². The third-order valence-electron chi connectivity index (χ3n) is 4.54. The van der Waals surface area contributed by atoms with E-state index in [0.717, 1.165) is 17.8 Å². The zero-order chi connectivity index (χ0) is 17.8. The molecular weight excluding hydrogens is 325 g/mol. The van der Waals surface area contributed by atoms with E-state index in [1.165, 1.54) is 18.5 Å². The number of halogens is 1. The predicted molar refractivity (Wildman–Crippen MR) is 89.0 cm³/mol. The van der Waals surface area contributed by atoms with Crippen LogP contribution in [0.25, 0.3) is 0 Å². The van der Waals surface area contributed by atoms with Crippen molar-refractivity contribution in [2.45, 2.75) is 25.1 Å². The summed E-state index contributed by atoms with van der Waals surface area (Å²) in [5.74, 6) is 0.453. The first kappa shape index (κ1) is 17.5. The topological polar surface area (TPSA) is 74.4 Å². The van der Waals surface area contributed by atoms with Crippen LogP contribution in [0.4, 0.5) is 4.39 Å². The SMILES string of the molecule is CO[C@@H]1C[C@@H](c2ncn[nH]2)N(CC(=O)N(C)Cc2ccc(F)cc2)C1. The molecule has 3 rings (SSSR count). The number of rotatable bonds is 6. The van der Waals surface area contributed by atoms with E-state index in [-0.39, 0.29) is 30.4 Å². The van der Waals surface area contributed by atoms with Gasteiger partial charge >= 0.3 is 0 Å². The first-order valence-electron chi connectivity index (χ1n) is 8.17. The lowest BCUT2D eigenvalue weighted by Crippen LogP contribution is -2.38. The molecule has 1 aliphatic heterocycles. The number of nitrogens with one attached hydrogen (secondary N) is 1. The fourth-order valence-corrected chi connectivity index (χ4v) is 3.11. The molecule has 2 heterocycles. The van der Waals surface area contributed by atoms with Gasteiger partial charge in [0.1, 0.15) is 18.0 Å². The van der Waals surface area contributed by atoms with E-state index < -0.39 is 0 Å². The smallest absolute Gasteiger partial charge is 0.236 e. The number of carbonyl (C=O) groups excluding carboxylic acids is 1. The molecule has 2 atom stereocenters. The maximum atomic E-state index is 13.0. The number of nitrogens with zero attached hydrogens (tertiary/aromatic N) is 4. The number of H-pyrrole nitrogens is 1. The molecule has 2 aromatic rings. The van der Waals surface area contributed by atoms with Gasteiger partial charge in [0.25, 0.3) is 0 Å². The van der Waals surface area contributed by atoms with E-state index in [2.05, 4.69) is 20.1 Å². The zero-order valence-electron chi connectivity index (χ0n) is 14.4. The summed E-state index contributed by atoms with van der Waals surface area (Å²) in [6.07, 6.45) is 2.29. The van der Waals surface area contributed by atoms with Gasteiger partial charge in [0.2, 0.25) is 5.91 Å².